The first kappa shape index (κ1) is 16.1. The SMILES string of the molecule is Fc1ccccc1OC1CN(c2nc(-c3ccncc3)nc3c2CNC3)C1. The molecule has 3 aromatic rings. The summed E-state index contributed by atoms with van der Waals surface area (Å²) in [5, 5.41) is 3.35. The molecule has 2 aliphatic rings. The van der Waals surface area contributed by atoms with Crippen molar-refractivity contribution < 1.29 is 9.13 Å². The Morgan fingerprint density at radius 1 is 1.04 bits per heavy atom. The zero-order valence-corrected chi connectivity index (χ0v) is 14.6. The average Bonchev–Trinajstić information content (AvgIpc) is 3.14. The van der Waals surface area contributed by atoms with Crippen LogP contribution < -0.4 is 15.0 Å². The Morgan fingerprint density at radius 2 is 1.85 bits per heavy atom. The van der Waals surface area contributed by atoms with Gasteiger partial charge in [-0.15, -0.1) is 0 Å². The smallest absolute Gasteiger partial charge is 0.165 e. The number of benzene rings is 1. The van der Waals surface area contributed by atoms with Crippen molar-refractivity contribution in [2.75, 3.05) is 18.0 Å². The van der Waals surface area contributed by atoms with Gasteiger partial charge in [0, 0.05) is 36.6 Å². The van der Waals surface area contributed by atoms with Gasteiger partial charge in [-0.25, -0.2) is 14.4 Å². The highest BCUT2D eigenvalue weighted by Crippen LogP contribution is 2.32. The molecule has 0 aliphatic carbocycles. The number of rotatable bonds is 4. The number of halogens is 1. The Morgan fingerprint density at radius 3 is 2.67 bits per heavy atom. The van der Waals surface area contributed by atoms with Crippen molar-refractivity contribution in [2.24, 2.45) is 0 Å². The number of anilines is 1. The van der Waals surface area contributed by atoms with Gasteiger partial charge in [0.15, 0.2) is 17.4 Å². The second kappa shape index (κ2) is 6.59. The zero-order chi connectivity index (χ0) is 18.2. The highest BCUT2D eigenvalue weighted by atomic mass is 19.1. The van der Waals surface area contributed by atoms with E-state index >= 15 is 0 Å². The summed E-state index contributed by atoms with van der Waals surface area (Å²) in [4.78, 5) is 15.8. The number of para-hydroxylation sites is 1. The van der Waals surface area contributed by atoms with E-state index in [9.17, 15) is 4.39 Å². The van der Waals surface area contributed by atoms with E-state index in [0.29, 0.717) is 24.7 Å². The molecule has 0 saturated carbocycles. The van der Waals surface area contributed by atoms with Gasteiger partial charge in [-0.2, -0.15) is 0 Å². The minimum Gasteiger partial charge on any atom is -0.484 e. The standard InChI is InChI=1S/C20H18FN5O/c21-16-3-1-2-4-18(16)27-14-11-26(12-14)20-15-9-23-10-17(15)24-19(25-20)13-5-7-22-8-6-13/h1-8,14,23H,9-12H2. The largest absolute Gasteiger partial charge is 0.484 e. The van der Waals surface area contributed by atoms with Crippen LogP contribution in [0.4, 0.5) is 10.2 Å². The summed E-state index contributed by atoms with van der Waals surface area (Å²) < 4.78 is 19.6. The van der Waals surface area contributed by atoms with Gasteiger partial charge < -0.3 is 15.0 Å². The van der Waals surface area contributed by atoms with Crippen molar-refractivity contribution in [3.8, 4) is 17.1 Å². The number of pyridine rings is 1. The van der Waals surface area contributed by atoms with E-state index in [-0.39, 0.29) is 11.9 Å². The molecular formula is C20H18FN5O. The first-order chi connectivity index (χ1) is 13.3. The fourth-order valence-electron chi connectivity index (χ4n) is 3.45. The molecule has 0 amide bonds. The fourth-order valence-corrected chi connectivity index (χ4v) is 3.45. The molecule has 5 rings (SSSR count). The molecular weight excluding hydrogens is 345 g/mol. The van der Waals surface area contributed by atoms with E-state index < -0.39 is 0 Å². The van der Waals surface area contributed by atoms with Gasteiger partial charge in [0.2, 0.25) is 0 Å². The third-order valence-electron chi connectivity index (χ3n) is 4.88. The second-order valence-electron chi connectivity index (χ2n) is 6.71. The monoisotopic (exact) mass is 363 g/mol. The van der Waals surface area contributed by atoms with Gasteiger partial charge in [0.25, 0.3) is 0 Å². The third kappa shape index (κ3) is 3.00. The van der Waals surface area contributed by atoms with Crippen LogP contribution in [-0.4, -0.2) is 34.1 Å². The lowest BCUT2D eigenvalue weighted by Crippen LogP contribution is -2.54. The first-order valence-corrected chi connectivity index (χ1v) is 8.95. The highest BCUT2D eigenvalue weighted by molar-refractivity contribution is 5.61. The molecule has 27 heavy (non-hydrogen) atoms. The molecule has 1 saturated heterocycles. The van der Waals surface area contributed by atoms with Crippen LogP contribution in [0, 0.1) is 5.82 Å². The van der Waals surface area contributed by atoms with Crippen LogP contribution in [0.3, 0.4) is 0 Å². The number of hydrogen-bond donors (Lipinski definition) is 1. The van der Waals surface area contributed by atoms with Gasteiger partial charge in [0.1, 0.15) is 11.9 Å². The van der Waals surface area contributed by atoms with Gasteiger partial charge in [0.05, 0.1) is 18.8 Å². The minimum absolute atomic E-state index is 0.0498. The Labute approximate surface area is 156 Å². The molecule has 0 unspecified atom stereocenters. The van der Waals surface area contributed by atoms with E-state index in [1.54, 1.807) is 30.6 Å². The molecule has 2 aliphatic heterocycles. The molecule has 2 aromatic heterocycles. The van der Waals surface area contributed by atoms with E-state index in [1.807, 2.05) is 12.1 Å². The summed E-state index contributed by atoms with van der Waals surface area (Å²) in [5.41, 5.74) is 3.11. The topological polar surface area (TPSA) is 63.2 Å². The lowest BCUT2D eigenvalue weighted by molar-refractivity contribution is 0.160. The number of ether oxygens (including phenoxy) is 1. The van der Waals surface area contributed by atoms with Gasteiger partial charge in [-0.3, -0.25) is 4.98 Å². The maximum atomic E-state index is 13.8. The molecule has 6 nitrogen and oxygen atoms in total. The summed E-state index contributed by atoms with van der Waals surface area (Å²) in [5.74, 6) is 1.61. The van der Waals surface area contributed by atoms with Crippen LogP contribution in [-0.2, 0) is 13.1 Å². The van der Waals surface area contributed by atoms with Crippen LogP contribution in [0.2, 0.25) is 0 Å². The third-order valence-corrected chi connectivity index (χ3v) is 4.88. The first-order valence-electron chi connectivity index (χ1n) is 8.95. The summed E-state index contributed by atoms with van der Waals surface area (Å²) >= 11 is 0. The predicted molar refractivity (Wildman–Crippen MR) is 98.8 cm³/mol. The highest BCUT2D eigenvalue weighted by Gasteiger charge is 2.33. The van der Waals surface area contributed by atoms with Crippen molar-refractivity contribution in [3.05, 3.63) is 65.9 Å². The molecule has 0 radical (unpaired) electrons. The van der Waals surface area contributed by atoms with Crippen molar-refractivity contribution >= 4 is 5.82 Å². The number of nitrogens with zero attached hydrogens (tertiary/aromatic N) is 4. The van der Waals surface area contributed by atoms with Crippen molar-refractivity contribution in [2.45, 2.75) is 19.2 Å². The minimum atomic E-state index is -0.331. The van der Waals surface area contributed by atoms with E-state index in [4.69, 9.17) is 14.7 Å². The predicted octanol–water partition coefficient (Wildman–Crippen LogP) is 2.55. The molecule has 0 bridgehead atoms. The summed E-state index contributed by atoms with van der Waals surface area (Å²) in [7, 11) is 0. The van der Waals surface area contributed by atoms with Crippen molar-refractivity contribution in [3.63, 3.8) is 0 Å². The Balaban J connectivity index is 1.38. The Kier molecular flexibility index (Phi) is 3.94. The van der Waals surface area contributed by atoms with Crippen LogP contribution in [0.1, 0.15) is 11.3 Å². The lowest BCUT2D eigenvalue weighted by Gasteiger charge is -2.40. The second-order valence-corrected chi connectivity index (χ2v) is 6.71. The van der Waals surface area contributed by atoms with Crippen molar-refractivity contribution in [1.82, 2.24) is 20.3 Å². The molecule has 136 valence electrons. The number of aromatic nitrogens is 3. The van der Waals surface area contributed by atoms with Crippen LogP contribution in [0.15, 0.2) is 48.8 Å². The lowest BCUT2D eigenvalue weighted by atomic mass is 10.1. The van der Waals surface area contributed by atoms with E-state index in [2.05, 4.69) is 15.2 Å². The quantitative estimate of drug-likeness (QED) is 0.769. The number of nitrogens with one attached hydrogen (secondary N) is 1. The molecule has 1 aromatic carbocycles. The Bertz CT molecular complexity index is 975. The molecule has 1 N–H and O–H groups in total. The van der Waals surface area contributed by atoms with Gasteiger partial charge in [-0.05, 0) is 24.3 Å². The maximum Gasteiger partial charge on any atom is 0.165 e. The summed E-state index contributed by atoms with van der Waals surface area (Å²) in [6.45, 7) is 2.85. The normalized spacial score (nSPS) is 16.1. The molecule has 0 atom stereocenters. The fraction of sp³-hybridized carbons (Fsp3) is 0.250. The van der Waals surface area contributed by atoms with Crippen LogP contribution >= 0.6 is 0 Å². The van der Waals surface area contributed by atoms with Crippen LogP contribution in [0.25, 0.3) is 11.4 Å². The van der Waals surface area contributed by atoms with Crippen molar-refractivity contribution in [1.29, 1.82) is 0 Å². The maximum absolute atomic E-state index is 13.8. The molecule has 0 spiro atoms. The number of hydrogen-bond acceptors (Lipinski definition) is 6. The van der Waals surface area contributed by atoms with Crippen LogP contribution in [0.5, 0.6) is 5.75 Å². The zero-order valence-electron chi connectivity index (χ0n) is 14.6. The number of fused-ring (bicyclic) bond motifs is 1. The molecule has 4 heterocycles. The molecule has 7 heteroatoms. The summed E-state index contributed by atoms with van der Waals surface area (Å²) in [6, 6.07) is 10.3. The van der Waals surface area contributed by atoms with E-state index in [0.717, 1.165) is 35.7 Å². The summed E-state index contributed by atoms with van der Waals surface area (Å²) in [6.07, 6.45) is 3.43. The molecule has 1 fully saturated rings. The average molecular weight is 363 g/mol. The van der Waals surface area contributed by atoms with Gasteiger partial charge in [-0.1, -0.05) is 12.1 Å². The van der Waals surface area contributed by atoms with E-state index in [1.165, 1.54) is 6.07 Å². The van der Waals surface area contributed by atoms with Gasteiger partial charge >= 0.3 is 0 Å². The Hall–Kier alpha value is -3.06.